The van der Waals surface area contributed by atoms with E-state index in [9.17, 15) is 4.79 Å². The normalized spacial score (nSPS) is 38.2. The van der Waals surface area contributed by atoms with Gasteiger partial charge in [0.25, 0.3) is 0 Å². The molecule has 2 saturated heterocycles. The summed E-state index contributed by atoms with van der Waals surface area (Å²) in [6, 6.07) is 1.32. The highest BCUT2D eigenvalue weighted by atomic mass is 16.4. The molecule has 3 nitrogen and oxygen atoms in total. The van der Waals surface area contributed by atoms with Crippen LogP contribution in [0.2, 0.25) is 0 Å². The lowest BCUT2D eigenvalue weighted by Crippen LogP contribution is -2.49. The molecule has 2 aliphatic rings. The number of nitrogens with zero attached hydrogens (tertiary/aromatic N) is 1. The van der Waals surface area contributed by atoms with Crippen LogP contribution >= 0.6 is 0 Å². The number of hydrogen-bond donors (Lipinski definition) is 1. The molecule has 2 unspecified atom stereocenters. The monoisotopic (exact) mass is 197 g/mol. The molecule has 80 valence electrons. The van der Waals surface area contributed by atoms with Crippen LogP contribution < -0.4 is 0 Å². The molecule has 0 spiro atoms. The van der Waals surface area contributed by atoms with E-state index >= 15 is 0 Å². The number of piperidine rings is 2. The molecule has 2 atom stereocenters. The van der Waals surface area contributed by atoms with Crippen molar-refractivity contribution >= 4 is 5.97 Å². The molecule has 2 aliphatic heterocycles. The molecular formula is C11H19NO2. The summed E-state index contributed by atoms with van der Waals surface area (Å²) in [5, 5.41) is 8.78. The summed E-state index contributed by atoms with van der Waals surface area (Å²) in [4.78, 5) is 13.1. The van der Waals surface area contributed by atoms with E-state index in [0.29, 0.717) is 24.4 Å². The fourth-order valence-corrected chi connectivity index (χ4v) is 3.14. The van der Waals surface area contributed by atoms with E-state index in [0.717, 1.165) is 12.8 Å². The highest BCUT2D eigenvalue weighted by Crippen LogP contribution is 2.36. The van der Waals surface area contributed by atoms with Crippen LogP contribution in [0.5, 0.6) is 0 Å². The summed E-state index contributed by atoms with van der Waals surface area (Å²) in [5.41, 5.74) is 0. The van der Waals surface area contributed by atoms with Crippen molar-refractivity contribution in [1.82, 2.24) is 4.90 Å². The SMILES string of the molecule is CN1C2CCCC1CC(CC(=O)O)C2. The van der Waals surface area contributed by atoms with Crippen LogP contribution in [0.4, 0.5) is 0 Å². The van der Waals surface area contributed by atoms with Gasteiger partial charge in [0, 0.05) is 18.5 Å². The third-order valence-corrected chi connectivity index (χ3v) is 3.90. The van der Waals surface area contributed by atoms with Gasteiger partial charge in [0.2, 0.25) is 0 Å². The minimum atomic E-state index is -0.627. The Balaban J connectivity index is 1.97. The van der Waals surface area contributed by atoms with Crippen molar-refractivity contribution in [1.29, 1.82) is 0 Å². The van der Waals surface area contributed by atoms with Gasteiger partial charge in [0.15, 0.2) is 0 Å². The molecule has 2 fully saturated rings. The Kier molecular flexibility index (Phi) is 2.77. The Hall–Kier alpha value is -0.570. The fraction of sp³-hybridized carbons (Fsp3) is 0.909. The highest BCUT2D eigenvalue weighted by molar-refractivity contribution is 5.67. The smallest absolute Gasteiger partial charge is 0.303 e. The summed E-state index contributed by atoms with van der Waals surface area (Å²) in [6.07, 6.45) is 6.44. The molecule has 14 heavy (non-hydrogen) atoms. The van der Waals surface area contributed by atoms with Crippen LogP contribution in [0.3, 0.4) is 0 Å². The zero-order chi connectivity index (χ0) is 10.1. The summed E-state index contributed by atoms with van der Waals surface area (Å²) in [6.45, 7) is 0. The van der Waals surface area contributed by atoms with Crippen molar-refractivity contribution in [2.75, 3.05) is 7.05 Å². The van der Waals surface area contributed by atoms with Crippen molar-refractivity contribution < 1.29 is 9.90 Å². The minimum Gasteiger partial charge on any atom is -0.481 e. The predicted octanol–water partition coefficient (Wildman–Crippen LogP) is 1.72. The highest BCUT2D eigenvalue weighted by Gasteiger charge is 2.36. The van der Waals surface area contributed by atoms with Crippen LogP contribution in [-0.4, -0.2) is 35.1 Å². The van der Waals surface area contributed by atoms with Gasteiger partial charge < -0.3 is 10.0 Å². The molecule has 0 radical (unpaired) electrons. The van der Waals surface area contributed by atoms with Gasteiger partial charge in [-0.05, 0) is 38.6 Å². The molecule has 2 heterocycles. The van der Waals surface area contributed by atoms with Gasteiger partial charge in [-0.2, -0.15) is 0 Å². The number of hydrogen-bond acceptors (Lipinski definition) is 2. The molecule has 0 saturated carbocycles. The lowest BCUT2D eigenvalue weighted by atomic mass is 9.77. The molecule has 1 N–H and O–H groups in total. The van der Waals surface area contributed by atoms with Gasteiger partial charge in [-0.15, -0.1) is 0 Å². The minimum absolute atomic E-state index is 0.376. The Bertz CT molecular complexity index is 215. The van der Waals surface area contributed by atoms with E-state index in [-0.39, 0.29) is 0 Å². The van der Waals surface area contributed by atoms with Gasteiger partial charge in [0.1, 0.15) is 0 Å². The maximum Gasteiger partial charge on any atom is 0.303 e. The third kappa shape index (κ3) is 1.92. The number of aliphatic carboxylic acids is 1. The van der Waals surface area contributed by atoms with E-state index < -0.39 is 5.97 Å². The van der Waals surface area contributed by atoms with Crippen LogP contribution in [0.1, 0.15) is 38.5 Å². The second-order valence-corrected chi connectivity index (χ2v) is 4.84. The van der Waals surface area contributed by atoms with E-state index in [1.165, 1.54) is 19.3 Å². The van der Waals surface area contributed by atoms with Crippen molar-refractivity contribution in [3.63, 3.8) is 0 Å². The average molecular weight is 197 g/mol. The topological polar surface area (TPSA) is 40.5 Å². The van der Waals surface area contributed by atoms with Gasteiger partial charge in [-0.25, -0.2) is 0 Å². The van der Waals surface area contributed by atoms with Crippen molar-refractivity contribution in [3.8, 4) is 0 Å². The van der Waals surface area contributed by atoms with Gasteiger partial charge >= 0.3 is 5.97 Å². The number of rotatable bonds is 2. The molecule has 3 heteroatoms. The first-order chi connectivity index (χ1) is 6.66. The summed E-state index contributed by atoms with van der Waals surface area (Å²) in [5.74, 6) is -0.198. The first kappa shape index (κ1) is 9.97. The van der Waals surface area contributed by atoms with Crippen molar-refractivity contribution in [2.24, 2.45) is 5.92 Å². The first-order valence-electron chi connectivity index (χ1n) is 5.60. The molecule has 0 amide bonds. The largest absolute Gasteiger partial charge is 0.481 e. The Labute approximate surface area is 85.1 Å². The quantitative estimate of drug-likeness (QED) is 0.732. The van der Waals surface area contributed by atoms with Gasteiger partial charge in [0.05, 0.1) is 0 Å². The second-order valence-electron chi connectivity index (χ2n) is 4.84. The van der Waals surface area contributed by atoms with Crippen LogP contribution in [0, 0.1) is 5.92 Å². The van der Waals surface area contributed by atoms with Gasteiger partial charge in [-0.1, -0.05) is 6.42 Å². The average Bonchev–Trinajstić information content (AvgIpc) is 2.05. The number of carboxylic acid groups (broad SMARTS) is 1. The van der Waals surface area contributed by atoms with Crippen LogP contribution in [0.25, 0.3) is 0 Å². The van der Waals surface area contributed by atoms with Gasteiger partial charge in [-0.3, -0.25) is 4.79 Å². The summed E-state index contributed by atoms with van der Waals surface area (Å²) < 4.78 is 0. The molecule has 0 aromatic carbocycles. The molecule has 0 aromatic rings. The van der Waals surface area contributed by atoms with E-state index in [1.54, 1.807) is 0 Å². The van der Waals surface area contributed by atoms with Crippen molar-refractivity contribution in [3.05, 3.63) is 0 Å². The Morgan fingerprint density at radius 3 is 2.43 bits per heavy atom. The standard InChI is InChI=1S/C11H19NO2/c1-12-9-3-2-4-10(12)6-8(5-9)7-11(13)14/h8-10H,2-7H2,1H3,(H,13,14). The maximum absolute atomic E-state index is 10.7. The Morgan fingerprint density at radius 2 is 1.93 bits per heavy atom. The predicted molar refractivity (Wildman–Crippen MR) is 54.2 cm³/mol. The third-order valence-electron chi connectivity index (χ3n) is 3.90. The number of fused-ring (bicyclic) bond motifs is 2. The van der Waals surface area contributed by atoms with E-state index in [1.807, 2.05) is 0 Å². The summed E-state index contributed by atoms with van der Waals surface area (Å²) >= 11 is 0. The summed E-state index contributed by atoms with van der Waals surface area (Å²) in [7, 11) is 2.20. The van der Waals surface area contributed by atoms with E-state index in [4.69, 9.17) is 5.11 Å². The lowest BCUT2D eigenvalue weighted by Gasteiger charge is -2.46. The fourth-order valence-electron chi connectivity index (χ4n) is 3.14. The molecule has 0 aromatic heterocycles. The van der Waals surface area contributed by atoms with E-state index in [2.05, 4.69) is 11.9 Å². The molecule has 2 rings (SSSR count). The molecule has 2 bridgehead atoms. The van der Waals surface area contributed by atoms with Crippen LogP contribution in [-0.2, 0) is 4.79 Å². The van der Waals surface area contributed by atoms with Crippen molar-refractivity contribution in [2.45, 2.75) is 50.6 Å². The Morgan fingerprint density at radius 1 is 1.36 bits per heavy atom. The second kappa shape index (κ2) is 3.89. The maximum atomic E-state index is 10.7. The lowest BCUT2D eigenvalue weighted by molar-refractivity contribution is -0.139. The number of carboxylic acids is 1. The zero-order valence-corrected chi connectivity index (χ0v) is 8.78. The number of carbonyl (C=O) groups is 1. The zero-order valence-electron chi connectivity index (χ0n) is 8.78. The first-order valence-corrected chi connectivity index (χ1v) is 5.60. The molecular weight excluding hydrogens is 178 g/mol. The molecule has 0 aliphatic carbocycles. The van der Waals surface area contributed by atoms with Crippen LogP contribution in [0.15, 0.2) is 0 Å².